The van der Waals surface area contributed by atoms with Crippen molar-refractivity contribution in [3.05, 3.63) is 483 Å². The molecule has 7 heterocycles. The van der Waals surface area contributed by atoms with Gasteiger partial charge in [-0.2, -0.15) is 0 Å². The first-order valence-corrected chi connectivity index (χ1v) is 52.2. The third kappa shape index (κ3) is 23.1. The van der Waals surface area contributed by atoms with Crippen LogP contribution in [0, 0.1) is 0 Å². The van der Waals surface area contributed by atoms with Gasteiger partial charge in [0.2, 0.25) is 0 Å². The van der Waals surface area contributed by atoms with Crippen molar-refractivity contribution < 1.29 is 4.42 Å². The van der Waals surface area contributed by atoms with Crippen LogP contribution in [0.25, 0.3) is 210 Å². The molecule has 0 aliphatic carbocycles. The van der Waals surface area contributed by atoms with Crippen molar-refractivity contribution in [3.8, 4) is 146 Å². The summed E-state index contributed by atoms with van der Waals surface area (Å²) in [6, 6.07) is 158. The second-order valence-corrected chi connectivity index (χ2v) is 44.3. The molecule has 12 heteroatoms. The fraction of sp³-hybridized carbons (Fsp3) is 0.145. The summed E-state index contributed by atoms with van der Waals surface area (Å²) in [6.45, 7) is 32.9. The number of hydrogen-bond acceptors (Lipinski definition) is 12. The second-order valence-electron chi connectivity index (χ2n) is 43.2. The summed E-state index contributed by atoms with van der Waals surface area (Å²) in [6.07, 6.45) is 0. The number of hydrogen-bond donors (Lipinski definition) is 0. The molecular formula is C138H120N10OS. The van der Waals surface area contributed by atoms with Gasteiger partial charge in [-0.1, -0.05) is 480 Å². The monoisotopic (exact) mass is 1960 g/mol. The van der Waals surface area contributed by atoms with E-state index in [1.54, 1.807) is 0 Å². The first-order chi connectivity index (χ1) is 72.5. The van der Waals surface area contributed by atoms with E-state index in [2.05, 4.69) is 444 Å². The lowest BCUT2D eigenvalue weighted by Crippen LogP contribution is -2.16. The van der Waals surface area contributed by atoms with Crippen LogP contribution in [0.4, 0.5) is 0 Å². The van der Waals surface area contributed by atoms with Crippen LogP contribution in [-0.2, 0) is 27.1 Å². The van der Waals surface area contributed by atoms with Crippen LogP contribution in [0.3, 0.4) is 0 Å². The number of para-hydroxylation sites is 3. The molecule has 0 aliphatic heterocycles. The van der Waals surface area contributed by atoms with Crippen LogP contribution >= 0.6 is 11.3 Å². The number of thiophene rings is 1. The van der Waals surface area contributed by atoms with E-state index >= 15 is 0 Å². The molecule has 0 radical (unpaired) electrons. The minimum atomic E-state index is -0.120. The summed E-state index contributed by atoms with van der Waals surface area (Å²) in [5.74, 6) is 3.98. The Bertz CT molecular complexity index is 8670. The molecule has 0 saturated carbocycles. The Morgan fingerprint density at radius 1 is 0.173 bits per heavy atom. The van der Waals surface area contributed by atoms with Crippen LogP contribution < -0.4 is 0 Å². The van der Waals surface area contributed by atoms with Crippen molar-refractivity contribution in [3.63, 3.8) is 0 Å². The summed E-state index contributed by atoms with van der Waals surface area (Å²) < 4.78 is 8.62. The lowest BCUT2D eigenvalue weighted by Gasteiger charge is -2.20. The van der Waals surface area contributed by atoms with Crippen molar-refractivity contribution in [1.82, 2.24) is 49.8 Å². The first-order valence-electron chi connectivity index (χ1n) is 51.4. The SMILES string of the molecule is CC(C)(C)c1cc(-c2ccc(-c3ccccc3)cc2)nc(-c2ccccc2)n1.CC(C)(C)c1ccc(-c2cc(-c3ccc(-c4ccccc4)cc3)nc(-c3ccccc3)n2)cc1.CC(C)(C)c1cccc(-c2cc(-c3ccc(-c4ccccc4)cc3)nc(-c3ccccc3)n2)c1.CC(C)(C)c1nc(-c2ccc3oc4ccccc4c3c2)c2ccccc2n1.CC(C)(C)c1nc(-c2ccc3sc4ccccc4c3c2)c2ccccc2n1. The molecule has 0 saturated heterocycles. The normalized spacial score (nSPS) is 11.7. The van der Waals surface area contributed by atoms with Crippen molar-refractivity contribution in [2.24, 2.45) is 0 Å². The average Bonchev–Trinajstić information content (AvgIpc) is 1.53. The van der Waals surface area contributed by atoms with Crippen LogP contribution in [0.2, 0.25) is 0 Å². The molecule has 734 valence electrons. The zero-order chi connectivity index (χ0) is 104. The molecule has 0 bridgehead atoms. The molecule has 0 N–H and O–H groups in total. The van der Waals surface area contributed by atoms with E-state index in [1.165, 1.54) is 64.7 Å². The van der Waals surface area contributed by atoms with Gasteiger partial charge in [-0.15, -0.1) is 11.3 Å². The predicted molar refractivity (Wildman–Crippen MR) is 630 cm³/mol. The smallest absolute Gasteiger partial charge is 0.160 e. The highest BCUT2D eigenvalue weighted by Crippen LogP contribution is 2.43. The van der Waals surface area contributed by atoms with E-state index in [4.69, 9.17) is 54.3 Å². The van der Waals surface area contributed by atoms with E-state index < -0.39 is 0 Å². The molecule has 7 aromatic heterocycles. The van der Waals surface area contributed by atoms with Crippen molar-refractivity contribution in [2.45, 2.75) is 131 Å². The Balaban J connectivity index is 0.000000114. The molecule has 0 aliphatic rings. The third-order valence-electron chi connectivity index (χ3n) is 26.8. The first kappa shape index (κ1) is 100.0. The Hall–Kier alpha value is -17.3. The summed E-state index contributed by atoms with van der Waals surface area (Å²) >= 11 is 1.84. The van der Waals surface area contributed by atoms with Gasteiger partial charge in [-0.25, -0.2) is 49.8 Å². The molecule has 0 unspecified atom stereocenters. The van der Waals surface area contributed by atoms with Gasteiger partial charge in [0, 0.05) is 114 Å². The van der Waals surface area contributed by atoms with Gasteiger partial charge in [0.05, 0.1) is 56.6 Å². The quantitative estimate of drug-likeness (QED) is 0.109. The minimum absolute atomic E-state index is 0.0504. The highest BCUT2D eigenvalue weighted by atomic mass is 32.1. The molecule has 0 fully saturated rings. The van der Waals surface area contributed by atoms with Gasteiger partial charge in [-0.05, 0) is 134 Å². The number of nitrogens with zero attached hydrogens (tertiary/aromatic N) is 10. The number of rotatable bonds is 13. The number of furan rings is 1. The van der Waals surface area contributed by atoms with E-state index in [9.17, 15) is 0 Å². The summed E-state index contributed by atoms with van der Waals surface area (Å²) in [5.41, 5.74) is 32.0. The topological polar surface area (TPSA) is 142 Å². The van der Waals surface area contributed by atoms with E-state index in [1.807, 2.05) is 127 Å². The maximum absolute atomic E-state index is 5.98. The zero-order valence-electron chi connectivity index (χ0n) is 87.6. The van der Waals surface area contributed by atoms with Crippen LogP contribution in [0.1, 0.15) is 132 Å². The predicted octanol–water partition coefficient (Wildman–Crippen LogP) is 37.1. The van der Waals surface area contributed by atoms with E-state index in [0.717, 1.165) is 174 Å². The fourth-order valence-corrected chi connectivity index (χ4v) is 19.4. The highest BCUT2D eigenvalue weighted by molar-refractivity contribution is 7.25. The number of aromatic nitrogens is 10. The number of benzene rings is 17. The molecule has 24 aromatic rings. The van der Waals surface area contributed by atoms with E-state index in [0.29, 0.717) is 0 Å². The summed E-state index contributed by atoms with van der Waals surface area (Å²) in [7, 11) is 0. The lowest BCUT2D eigenvalue weighted by atomic mass is 9.86. The van der Waals surface area contributed by atoms with E-state index in [-0.39, 0.29) is 27.1 Å². The molecule has 17 aromatic carbocycles. The Labute approximate surface area is 883 Å². The van der Waals surface area contributed by atoms with Crippen molar-refractivity contribution >= 4 is 75.3 Å². The van der Waals surface area contributed by atoms with Gasteiger partial charge in [-0.3, -0.25) is 0 Å². The van der Waals surface area contributed by atoms with Gasteiger partial charge >= 0.3 is 0 Å². The average molecular weight is 1970 g/mol. The molecule has 150 heavy (non-hydrogen) atoms. The molecule has 24 rings (SSSR count). The van der Waals surface area contributed by atoms with Crippen molar-refractivity contribution in [2.75, 3.05) is 0 Å². The van der Waals surface area contributed by atoms with Crippen LogP contribution in [0.5, 0.6) is 0 Å². The molecule has 0 amide bonds. The summed E-state index contributed by atoms with van der Waals surface area (Å²) in [4.78, 5) is 49.2. The Morgan fingerprint density at radius 2 is 0.480 bits per heavy atom. The lowest BCUT2D eigenvalue weighted by molar-refractivity contribution is 0.549. The van der Waals surface area contributed by atoms with Gasteiger partial charge in [0.1, 0.15) is 22.8 Å². The standard InChI is InChI=1S/2C32H28N2.C26H24N2.C24H20N2O.C24H20N2S/c1-32(2,3)28-16-10-15-27(21-28)30-22-29(33-31(34-30)26-13-8-5-9-14-26)25-19-17-24(18-20-25)23-11-6-4-7-12-23;1-32(2,3)28-20-18-26(19-21-28)30-22-29(33-31(34-30)27-12-8-5-9-13-27)25-16-14-24(15-17-25)23-10-6-4-7-11-23;1-26(2,3)24-18-23(27-25(28-24)22-12-8-5-9-13-22)21-16-14-20(15-17-21)19-10-6-4-7-11-19;2*1-24(2,3)23-25-19-10-6-4-9-17(19)22(26-23)15-12-13-21-18(14-15)16-8-5-7-11-20(16)27-21/h2*4-22H,1-3H3;4-18H,1-3H3;2*4-14H,1-3H3. The Kier molecular flexibility index (Phi) is 28.7. The van der Waals surface area contributed by atoms with Gasteiger partial charge < -0.3 is 4.42 Å². The van der Waals surface area contributed by atoms with Gasteiger partial charge in [0.25, 0.3) is 0 Å². The van der Waals surface area contributed by atoms with Gasteiger partial charge in [0.15, 0.2) is 17.5 Å². The molecule has 0 atom stereocenters. The van der Waals surface area contributed by atoms with Crippen LogP contribution in [0.15, 0.2) is 459 Å². The van der Waals surface area contributed by atoms with Crippen LogP contribution in [-0.4, -0.2) is 49.8 Å². The van der Waals surface area contributed by atoms with Crippen molar-refractivity contribution in [1.29, 1.82) is 0 Å². The molecular weight excluding hydrogens is 1850 g/mol. The largest absolute Gasteiger partial charge is 0.456 e. The Morgan fingerprint density at radius 3 is 0.893 bits per heavy atom. The minimum Gasteiger partial charge on any atom is -0.456 e. The zero-order valence-corrected chi connectivity index (χ0v) is 88.4. The number of fused-ring (bicyclic) bond motifs is 8. The maximum Gasteiger partial charge on any atom is 0.160 e. The fourth-order valence-electron chi connectivity index (χ4n) is 18.3. The maximum atomic E-state index is 5.98. The third-order valence-corrected chi connectivity index (χ3v) is 28.0. The molecule has 11 nitrogen and oxygen atoms in total. The summed E-state index contributed by atoms with van der Waals surface area (Å²) in [5, 5.41) is 7.02. The second kappa shape index (κ2) is 43.0. The highest BCUT2D eigenvalue weighted by Gasteiger charge is 2.27. The molecule has 0 spiro atoms.